The molecule has 0 unspecified atom stereocenters. The summed E-state index contributed by atoms with van der Waals surface area (Å²) in [6, 6.07) is 6.58. The van der Waals surface area contributed by atoms with Crippen molar-refractivity contribution in [2.24, 2.45) is 0 Å². The predicted molar refractivity (Wildman–Crippen MR) is 56.8 cm³/mol. The van der Waals surface area contributed by atoms with Gasteiger partial charge in [-0.1, -0.05) is 28.9 Å². The zero-order valence-corrected chi connectivity index (χ0v) is 8.77. The molecule has 4 nitrogen and oxygen atoms in total. The van der Waals surface area contributed by atoms with Gasteiger partial charge in [0, 0.05) is 5.56 Å². The maximum Gasteiger partial charge on any atom is 0.200 e. The fraction of sp³-hybridized carbons (Fsp3) is 0. The largest absolute Gasteiger partial charge is 0.363 e. The van der Waals surface area contributed by atoms with E-state index in [9.17, 15) is 9.59 Å². The molecule has 0 atom stereocenters. The van der Waals surface area contributed by atoms with Gasteiger partial charge >= 0.3 is 0 Å². The van der Waals surface area contributed by atoms with Gasteiger partial charge in [-0.3, -0.25) is 9.59 Å². The Hall–Kier alpha value is -1.94. The highest BCUT2D eigenvalue weighted by Gasteiger charge is 2.18. The number of nitrogens with zero attached hydrogens (tertiary/aromatic N) is 1. The molecule has 0 fully saturated rings. The Morgan fingerprint density at radius 1 is 1.31 bits per heavy atom. The fourth-order valence-electron chi connectivity index (χ4n) is 1.29. The van der Waals surface area contributed by atoms with Crippen molar-refractivity contribution >= 4 is 23.7 Å². The van der Waals surface area contributed by atoms with Gasteiger partial charge in [0.1, 0.15) is 6.26 Å². The molecule has 1 aromatic heterocycles. The predicted octanol–water partition coefficient (Wildman–Crippen LogP) is 2.37. The first-order valence-corrected chi connectivity index (χ1v) is 4.80. The number of carbonyl (C=O) groups is 2. The maximum absolute atomic E-state index is 12.0. The van der Waals surface area contributed by atoms with Crippen LogP contribution in [0.25, 0.3) is 0 Å². The molecule has 0 aliphatic heterocycles. The molecule has 0 bridgehead atoms. The first-order valence-electron chi connectivity index (χ1n) is 4.43. The third-order valence-corrected chi connectivity index (χ3v) is 2.40. The zero-order valence-electron chi connectivity index (χ0n) is 8.01. The molecule has 0 saturated carbocycles. The van der Waals surface area contributed by atoms with Crippen LogP contribution in [-0.4, -0.2) is 17.2 Å². The number of rotatable bonds is 3. The minimum Gasteiger partial charge on any atom is -0.363 e. The van der Waals surface area contributed by atoms with Crippen molar-refractivity contribution < 1.29 is 14.1 Å². The summed E-state index contributed by atoms with van der Waals surface area (Å²) >= 11 is 5.87. The maximum atomic E-state index is 12.0. The number of hydrogen-bond donors (Lipinski definition) is 0. The standard InChI is InChI=1S/C11H6ClNO3/c12-9-4-2-1-3-7(9)11(15)8-6-16-13-10(8)5-14/h1-6H. The molecule has 2 rings (SSSR count). The lowest BCUT2D eigenvalue weighted by Crippen LogP contribution is -2.03. The summed E-state index contributed by atoms with van der Waals surface area (Å²) in [5.74, 6) is -0.381. The van der Waals surface area contributed by atoms with Gasteiger partial charge < -0.3 is 4.52 Å². The smallest absolute Gasteiger partial charge is 0.200 e. The van der Waals surface area contributed by atoms with E-state index in [1.165, 1.54) is 0 Å². The summed E-state index contributed by atoms with van der Waals surface area (Å²) in [5.41, 5.74) is 0.406. The molecule has 16 heavy (non-hydrogen) atoms. The second-order valence-electron chi connectivity index (χ2n) is 3.04. The summed E-state index contributed by atoms with van der Waals surface area (Å²) in [6.07, 6.45) is 1.60. The molecule has 2 aromatic rings. The van der Waals surface area contributed by atoms with Crippen molar-refractivity contribution in [1.29, 1.82) is 0 Å². The van der Waals surface area contributed by atoms with Crippen molar-refractivity contribution in [3.63, 3.8) is 0 Å². The van der Waals surface area contributed by atoms with E-state index in [0.29, 0.717) is 16.9 Å². The summed E-state index contributed by atoms with van der Waals surface area (Å²) in [4.78, 5) is 22.6. The third kappa shape index (κ3) is 1.75. The average molecular weight is 236 g/mol. The molecule has 1 aromatic carbocycles. The van der Waals surface area contributed by atoms with Gasteiger partial charge in [0.25, 0.3) is 0 Å². The minimum absolute atomic E-state index is 0.0232. The molecular formula is C11H6ClNO3. The van der Waals surface area contributed by atoms with E-state index in [4.69, 9.17) is 11.6 Å². The summed E-state index contributed by atoms with van der Waals surface area (Å²) in [7, 11) is 0. The first kappa shape index (κ1) is 10.6. The van der Waals surface area contributed by atoms with Gasteiger partial charge in [0.2, 0.25) is 0 Å². The normalized spacial score (nSPS) is 10.1. The van der Waals surface area contributed by atoms with Crippen LogP contribution < -0.4 is 0 Å². The van der Waals surface area contributed by atoms with E-state index in [2.05, 4.69) is 9.68 Å². The molecule has 0 aliphatic rings. The van der Waals surface area contributed by atoms with Gasteiger partial charge in [-0.05, 0) is 12.1 Å². The van der Waals surface area contributed by atoms with Gasteiger partial charge in [-0.2, -0.15) is 0 Å². The highest BCUT2D eigenvalue weighted by Crippen LogP contribution is 2.20. The Bertz CT molecular complexity index is 548. The van der Waals surface area contributed by atoms with Gasteiger partial charge in [0.15, 0.2) is 17.8 Å². The lowest BCUT2D eigenvalue weighted by atomic mass is 10.0. The molecule has 0 radical (unpaired) electrons. The van der Waals surface area contributed by atoms with E-state index >= 15 is 0 Å². The summed E-state index contributed by atoms with van der Waals surface area (Å²) < 4.78 is 4.57. The topological polar surface area (TPSA) is 60.2 Å². The number of carbonyl (C=O) groups excluding carboxylic acids is 2. The second kappa shape index (κ2) is 4.28. The average Bonchev–Trinajstić information content (AvgIpc) is 2.77. The Balaban J connectivity index is 2.47. The molecule has 0 saturated heterocycles. The molecule has 0 spiro atoms. The van der Waals surface area contributed by atoms with Gasteiger partial charge in [-0.25, -0.2) is 0 Å². The highest BCUT2D eigenvalue weighted by molar-refractivity contribution is 6.35. The van der Waals surface area contributed by atoms with E-state index in [1.54, 1.807) is 24.3 Å². The second-order valence-corrected chi connectivity index (χ2v) is 3.45. The lowest BCUT2D eigenvalue weighted by molar-refractivity contribution is 0.102. The summed E-state index contributed by atoms with van der Waals surface area (Å²) in [6.45, 7) is 0. The van der Waals surface area contributed by atoms with Crippen LogP contribution in [0.3, 0.4) is 0 Å². The zero-order chi connectivity index (χ0) is 11.5. The minimum atomic E-state index is -0.381. The number of ketones is 1. The van der Waals surface area contributed by atoms with Crippen LogP contribution in [0.1, 0.15) is 26.4 Å². The Morgan fingerprint density at radius 3 is 2.75 bits per heavy atom. The Kier molecular flexibility index (Phi) is 2.83. The quantitative estimate of drug-likeness (QED) is 0.605. The molecule has 0 amide bonds. The number of aromatic nitrogens is 1. The lowest BCUT2D eigenvalue weighted by Gasteiger charge is -2.00. The van der Waals surface area contributed by atoms with Gasteiger partial charge in [-0.15, -0.1) is 0 Å². The van der Waals surface area contributed by atoms with Crippen LogP contribution >= 0.6 is 11.6 Å². The van der Waals surface area contributed by atoms with Crippen LogP contribution in [0.15, 0.2) is 35.1 Å². The molecule has 80 valence electrons. The van der Waals surface area contributed by atoms with Crippen molar-refractivity contribution in [2.45, 2.75) is 0 Å². The Morgan fingerprint density at radius 2 is 2.06 bits per heavy atom. The number of aldehydes is 1. The van der Waals surface area contributed by atoms with E-state index < -0.39 is 0 Å². The fourth-order valence-corrected chi connectivity index (χ4v) is 1.51. The highest BCUT2D eigenvalue weighted by atomic mass is 35.5. The summed E-state index contributed by atoms with van der Waals surface area (Å²) in [5, 5.41) is 3.73. The Labute approximate surface area is 95.8 Å². The molecule has 0 N–H and O–H groups in total. The molecule has 1 heterocycles. The van der Waals surface area contributed by atoms with Crippen molar-refractivity contribution in [3.05, 3.63) is 52.4 Å². The van der Waals surface area contributed by atoms with Crippen LogP contribution in [0.2, 0.25) is 5.02 Å². The third-order valence-electron chi connectivity index (χ3n) is 2.07. The van der Waals surface area contributed by atoms with Crippen LogP contribution in [0, 0.1) is 0 Å². The first-order chi connectivity index (χ1) is 7.74. The van der Waals surface area contributed by atoms with Crippen LogP contribution in [0.4, 0.5) is 0 Å². The molecule has 5 heteroatoms. The van der Waals surface area contributed by atoms with Crippen molar-refractivity contribution in [3.8, 4) is 0 Å². The van der Waals surface area contributed by atoms with E-state index in [1.807, 2.05) is 0 Å². The number of hydrogen-bond acceptors (Lipinski definition) is 4. The molecule has 0 aliphatic carbocycles. The van der Waals surface area contributed by atoms with Crippen LogP contribution in [-0.2, 0) is 0 Å². The number of benzene rings is 1. The molecular weight excluding hydrogens is 230 g/mol. The van der Waals surface area contributed by atoms with Crippen molar-refractivity contribution in [1.82, 2.24) is 5.16 Å². The monoisotopic (exact) mass is 235 g/mol. The SMILES string of the molecule is O=Cc1nocc1C(=O)c1ccccc1Cl. The van der Waals surface area contributed by atoms with E-state index in [-0.39, 0.29) is 17.0 Å². The van der Waals surface area contributed by atoms with Crippen LogP contribution in [0.5, 0.6) is 0 Å². The van der Waals surface area contributed by atoms with Gasteiger partial charge in [0.05, 0.1) is 10.6 Å². The van der Waals surface area contributed by atoms with E-state index in [0.717, 1.165) is 6.26 Å². The number of halogens is 1. The van der Waals surface area contributed by atoms with Crippen molar-refractivity contribution in [2.75, 3.05) is 0 Å².